The average Bonchev–Trinajstić information content (AvgIpc) is 2.01. The van der Waals surface area contributed by atoms with Gasteiger partial charge in [0, 0.05) is 0 Å². The Balaban J connectivity index is 2.99. The van der Waals surface area contributed by atoms with Gasteiger partial charge in [0.1, 0.15) is 0 Å². The van der Waals surface area contributed by atoms with Gasteiger partial charge in [0.05, 0.1) is 4.90 Å². The number of quaternary nitrogens is 1. The minimum Gasteiger partial charge on any atom is -0.558 e. The molecule has 78 valence electrons. The third-order valence-electron chi connectivity index (χ3n) is 1.29. The Labute approximate surface area is 85.6 Å². The van der Waals surface area contributed by atoms with Crippen LogP contribution < -0.4 is 4.83 Å². The summed E-state index contributed by atoms with van der Waals surface area (Å²) in [4.78, 5) is 1.13. The van der Waals surface area contributed by atoms with Gasteiger partial charge in [-0.3, -0.25) is 0 Å². The van der Waals surface area contributed by atoms with Crippen molar-refractivity contribution >= 4 is 21.8 Å². The van der Waals surface area contributed by atoms with Crippen LogP contribution in [0.15, 0.2) is 35.2 Å². The van der Waals surface area contributed by atoms with E-state index in [1.165, 1.54) is 29.1 Å². The molecule has 1 aromatic carbocycles. The van der Waals surface area contributed by atoms with Crippen LogP contribution in [0.5, 0.6) is 0 Å². The van der Waals surface area contributed by atoms with E-state index in [2.05, 4.69) is 0 Å². The molecule has 0 spiro atoms. The second-order valence-corrected chi connectivity index (χ2v) is 4.53. The van der Waals surface area contributed by atoms with Crippen molar-refractivity contribution in [2.45, 2.75) is 4.90 Å². The van der Waals surface area contributed by atoms with Gasteiger partial charge < -0.3 is 5.21 Å². The lowest BCUT2D eigenvalue weighted by Crippen LogP contribution is -2.45. The van der Waals surface area contributed by atoms with Gasteiger partial charge in [0.15, 0.2) is 0 Å². The Kier molecular flexibility index (Phi) is 3.10. The first-order valence-corrected chi connectivity index (χ1v) is 5.25. The summed E-state index contributed by atoms with van der Waals surface area (Å²) in [6, 6.07) is 7.07. The van der Waals surface area contributed by atoms with Crippen LogP contribution in [0.4, 0.5) is 0 Å². The summed E-state index contributed by atoms with van der Waals surface area (Å²) < 4.78 is 19.9. The molecule has 0 amide bonds. The summed E-state index contributed by atoms with van der Waals surface area (Å²) in [5, 5.41) is 18.9. The third kappa shape index (κ3) is 3.22. The van der Waals surface area contributed by atoms with Crippen LogP contribution in [0.25, 0.3) is 0 Å². The van der Waals surface area contributed by atoms with Crippen molar-refractivity contribution in [3.63, 3.8) is 0 Å². The normalized spacial score (nSPS) is 16.2. The van der Waals surface area contributed by atoms with Gasteiger partial charge in [0.2, 0.25) is 11.8 Å². The van der Waals surface area contributed by atoms with E-state index in [9.17, 15) is 13.6 Å². The first kappa shape index (κ1) is 11.4. The van der Waals surface area contributed by atoms with Crippen LogP contribution >= 0.6 is 11.8 Å². The standard InChI is InChI=1S/C6H7ClN2O4S/c7-9(10,11)8-14(12,13)6-4-2-1-3-5-6/h1-5,8,10H. The number of nitrogens with zero attached hydrogens (tertiary/aromatic N) is 1. The maximum atomic E-state index is 11.3. The van der Waals surface area contributed by atoms with E-state index < -0.39 is 14.5 Å². The van der Waals surface area contributed by atoms with Crippen molar-refractivity contribution in [2.75, 3.05) is 0 Å². The lowest BCUT2D eigenvalue weighted by molar-refractivity contribution is -0.994. The van der Waals surface area contributed by atoms with Gasteiger partial charge in [-0.15, -0.1) is 0 Å². The molecule has 0 aliphatic carbocycles. The smallest absolute Gasteiger partial charge is 0.287 e. The second kappa shape index (κ2) is 3.81. The molecule has 1 aromatic rings. The van der Waals surface area contributed by atoms with Crippen LogP contribution in [0.2, 0.25) is 0 Å². The number of rotatable bonds is 3. The summed E-state index contributed by atoms with van der Waals surface area (Å²) in [5.74, 6) is 0. The van der Waals surface area contributed by atoms with Gasteiger partial charge in [-0.2, -0.15) is 5.21 Å². The van der Waals surface area contributed by atoms with Crippen LogP contribution in [0, 0.1) is 5.21 Å². The van der Waals surface area contributed by atoms with E-state index in [1.54, 1.807) is 6.07 Å². The van der Waals surface area contributed by atoms with E-state index >= 15 is 0 Å². The van der Waals surface area contributed by atoms with Gasteiger partial charge in [-0.05, 0) is 21.4 Å². The molecule has 1 unspecified atom stereocenters. The fourth-order valence-corrected chi connectivity index (χ4v) is 1.99. The number of benzene rings is 1. The molecule has 8 heteroatoms. The Morgan fingerprint density at radius 2 is 1.86 bits per heavy atom. The quantitative estimate of drug-likeness (QED) is 0.600. The lowest BCUT2D eigenvalue weighted by Gasteiger charge is -2.21. The highest BCUT2D eigenvalue weighted by Crippen LogP contribution is 2.10. The summed E-state index contributed by atoms with van der Waals surface area (Å²) in [6.45, 7) is 0. The van der Waals surface area contributed by atoms with Gasteiger partial charge in [0.25, 0.3) is 10.0 Å². The molecule has 0 aromatic heterocycles. The Hall–Kier alpha value is -0.700. The summed E-state index contributed by atoms with van der Waals surface area (Å²) in [7, 11) is -4.09. The molecule has 0 bridgehead atoms. The summed E-state index contributed by atoms with van der Waals surface area (Å²) in [5.41, 5.74) is 0. The molecule has 6 nitrogen and oxygen atoms in total. The summed E-state index contributed by atoms with van der Waals surface area (Å²) >= 11 is 4.71. The van der Waals surface area contributed by atoms with Crippen molar-refractivity contribution in [2.24, 2.45) is 0 Å². The van der Waals surface area contributed by atoms with Gasteiger partial charge in [-0.1, -0.05) is 18.2 Å². The predicted molar refractivity (Wildman–Crippen MR) is 48.0 cm³/mol. The minimum absolute atomic E-state index is 0.159. The minimum atomic E-state index is -4.09. The second-order valence-electron chi connectivity index (χ2n) is 2.41. The van der Waals surface area contributed by atoms with Crippen molar-refractivity contribution in [3.05, 3.63) is 35.5 Å². The fourth-order valence-electron chi connectivity index (χ4n) is 0.801. The molecule has 0 aliphatic heterocycles. The van der Waals surface area contributed by atoms with Crippen LogP contribution in [0.1, 0.15) is 0 Å². The van der Waals surface area contributed by atoms with Gasteiger partial charge in [-0.25, -0.2) is 8.42 Å². The Bertz CT molecular complexity index is 400. The number of halogens is 1. The number of hydrogen-bond donors (Lipinski definition) is 2. The Morgan fingerprint density at radius 3 is 2.29 bits per heavy atom. The highest BCUT2D eigenvalue weighted by Gasteiger charge is 2.23. The maximum absolute atomic E-state index is 11.3. The molecule has 0 fully saturated rings. The average molecular weight is 239 g/mol. The molecule has 0 saturated heterocycles. The molecule has 0 heterocycles. The van der Waals surface area contributed by atoms with E-state index in [1.807, 2.05) is 0 Å². The van der Waals surface area contributed by atoms with Crippen molar-refractivity contribution < 1.29 is 18.1 Å². The first-order valence-electron chi connectivity index (χ1n) is 3.43. The molecule has 1 rings (SSSR count). The van der Waals surface area contributed by atoms with Crippen molar-refractivity contribution in [3.8, 4) is 0 Å². The maximum Gasteiger partial charge on any atom is 0.287 e. The monoisotopic (exact) mass is 238 g/mol. The SMILES string of the molecule is O=S(=O)(N[N+]([O-])(O)Cl)c1ccccc1. The topological polar surface area (TPSA) is 89.5 Å². The molecule has 1 atom stereocenters. The molecule has 2 N–H and O–H groups in total. The van der Waals surface area contributed by atoms with Gasteiger partial charge >= 0.3 is 0 Å². The first-order chi connectivity index (χ1) is 6.31. The van der Waals surface area contributed by atoms with E-state index in [0.717, 1.165) is 0 Å². The van der Waals surface area contributed by atoms with Crippen molar-refractivity contribution in [1.29, 1.82) is 0 Å². The van der Waals surface area contributed by atoms with E-state index in [-0.39, 0.29) is 4.90 Å². The number of hydrogen-bond acceptors (Lipinski definition) is 4. The third-order valence-corrected chi connectivity index (χ3v) is 2.85. The zero-order valence-corrected chi connectivity index (χ0v) is 8.36. The Morgan fingerprint density at radius 1 is 1.36 bits per heavy atom. The van der Waals surface area contributed by atoms with Crippen molar-refractivity contribution in [1.82, 2.24) is 4.83 Å². The molecular weight excluding hydrogens is 232 g/mol. The molecule has 0 radical (unpaired) electrons. The van der Waals surface area contributed by atoms with E-state index in [4.69, 9.17) is 17.0 Å². The zero-order chi connectivity index (χ0) is 10.8. The highest BCUT2D eigenvalue weighted by molar-refractivity contribution is 7.89. The predicted octanol–water partition coefficient (Wildman–Crippen LogP) is 0.738. The molecule has 14 heavy (non-hydrogen) atoms. The van der Waals surface area contributed by atoms with Crippen LogP contribution in [-0.4, -0.2) is 18.1 Å². The highest BCUT2D eigenvalue weighted by atomic mass is 35.5. The summed E-state index contributed by atoms with van der Waals surface area (Å²) in [6.07, 6.45) is 0. The van der Waals surface area contributed by atoms with Crippen LogP contribution in [0.3, 0.4) is 0 Å². The van der Waals surface area contributed by atoms with Crippen LogP contribution in [-0.2, 0) is 10.0 Å². The molecular formula is C6H7ClN2O4S. The van der Waals surface area contributed by atoms with E-state index in [0.29, 0.717) is 0 Å². The molecule has 0 aliphatic rings. The molecule has 0 saturated carbocycles. The fraction of sp³-hybridized carbons (Fsp3) is 0. The largest absolute Gasteiger partial charge is 0.558 e. The number of nitrogens with one attached hydrogen (secondary N) is 1. The zero-order valence-electron chi connectivity index (χ0n) is 6.79. The number of sulfonamides is 1. The lowest BCUT2D eigenvalue weighted by atomic mass is 10.4.